The molecular formula is C26H37NaO5S. The van der Waals surface area contributed by atoms with Crippen LogP contribution in [-0.4, -0.2) is 13.0 Å². The van der Waals surface area contributed by atoms with Crippen LogP contribution in [0.25, 0.3) is 0 Å². The van der Waals surface area contributed by atoms with Crippen molar-refractivity contribution in [2.75, 3.05) is 0 Å². The molecule has 0 heterocycles. The van der Waals surface area contributed by atoms with Crippen LogP contribution in [0.2, 0.25) is 0 Å². The van der Waals surface area contributed by atoms with Crippen LogP contribution in [0.15, 0.2) is 47.4 Å². The van der Waals surface area contributed by atoms with Gasteiger partial charge in [0, 0.05) is 0 Å². The van der Waals surface area contributed by atoms with E-state index in [0.717, 1.165) is 30.9 Å². The zero-order valence-corrected chi connectivity index (χ0v) is 23.0. The fourth-order valence-electron chi connectivity index (χ4n) is 3.92. The van der Waals surface area contributed by atoms with Crippen molar-refractivity contribution in [1.29, 1.82) is 0 Å². The van der Waals surface area contributed by atoms with Gasteiger partial charge in [-0.3, -0.25) is 4.55 Å². The van der Waals surface area contributed by atoms with Crippen LogP contribution in [0, 0.1) is 0 Å². The summed E-state index contributed by atoms with van der Waals surface area (Å²) in [5, 5.41) is 11.9. The monoisotopic (exact) mass is 484 g/mol. The van der Waals surface area contributed by atoms with Gasteiger partial charge in [-0.15, -0.1) is 0 Å². The Bertz CT molecular complexity index is 915. The largest absolute Gasteiger partial charge is 1.00 e. The molecule has 2 rings (SSSR count). The van der Waals surface area contributed by atoms with Crippen molar-refractivity contribution >= 4 is 10.1 Å². The summed E-state index contributed by atoms with van der Waals surface area (Å²) in [6, 6.07) is 11.3. The molecule has 0 aliphatic rings. The topological polar surface area (TPSA) is 86.7 Å². The third-order valence-corrected chi connectivity index (χ3v) is 6.61. The molecule has 0 saturated carbocycles. The number of ether oxygens (including phenoxy) is 1. The van der Waals surface area contributed by atoms with E-state index in [1.165, 1.54) is 76.3 Å². The molecule has 0 aromatic heterocycles. The maximum atomic E-state index is 11.9. The second-order valence-electron chi connectivity index (χ2n) is 8.41. The Morgan fingerprint density at radius 3 is 1.85 bits per heavy atom. The summed E-state index contributed by atoms with van der Waals surface area (Å²) in [4.78, 5) is -0.722. The van der Waals surface area contributed by atoms with Gasteiger partial charge in [0.15, 0.2) is 0 Å². The number of unbranched alkanes of at least 4 members (excludes halogenated alkanes) is 11. The van der Waals surface area contributed by atoms with E-state index in [2.05, 4.69) is 6.92 Å². The second-order valence-corrected chi connectivity index (χ2v) is 9.77. The first-order valence-electron chi connectivity index (χ1n) is 12.0. The maximum absolute atomic E-state index is 11.9. The van der Waals surface area contributed by atoms with E-state index in [1.54, 1.807) is 12.1 Å². The summed E-state index contributed by atoms with van der Waals surface area (Å²) in [6.45, 7) is 2.25. The molecule has 7 heteroatoms. The third-order valence-electron chi connectivity index (χ3n) is 5.69. The maximum Gasteiger partial charge on any atom is 1.00 e. The molecule has 2 aromatic rings. The van der Waals surface area contributed by atoms with Crippen molar-refractivity contribution in [2.45, 2.75) is 95.3 Å². The van der Waals surface area contributed by atoms with Crippen molar-refractivity contribution in [3.05, 3.63) is 48.0 Å². The van der Waals surface area contributed by atoms with Crippen LogP contribution < -0.4 is 39.4 Å². The number of hydrogen-bond donors (Lipinski definition) is 1. The van der Waals surface area contributed by atoms with E-state index in [0.29, 0.717) is 5.75 Å². The molecule has 33 heavy (non-hydrogen) atoms. The molecule has 1 N–H and O–H groups in total. The Labute approximate surface area is 222 Å². The molecule has 0 radical (unpaired) electrons. The molecule has 5 nitrogen and oxygen atoms in total. The van der Waals surface area contributed by atoms with Gasteiger partial charge < -0.3 is 9.84 Å². The van der Waals surface area contributed by atoms with Gasteiger partial charge in [0.25, 0.3) is 10.1 Å². The first-order valence-corrected chi connectivity index (χ1v) is 13.4. The Balaban J connectivity index is 0.00000544. The van der Waals surface area contributed by atoms with Gasteiger partial charge in [0.05, 0.1) is 0 Å². The van der Waals surface area contributed by atoms with Crippen LogP contribution in [0.5, 0.6) is 17.2 Å². The molecule has 0 spiro atoms. The van der Waals surface area contributed by atoms with Gasteiger partial charge in [0.1, 0.15) is 16.4 Å². The molecule has 0 amide bonds. The summed E-state index contributed by atoms with van der Waals surface area (Å²) in [7, 11) is -4.67. The molecule has 178 valence electrons. The Morgan fingerprint density at radius 1 is 0.758 bits per heavy atom. The summed E-state index contributed by atoms with van der Waals surface area (Å²) >= 11 is 0. The summed E-state index contributed by atoms with van der Waals surface area (Å²) in [5.41, 5.74) is 0.956. The van der Waals surface area contributed by atoms with E-state index in [-0.39, 0.29) is 35.3 Å². The van der Waals surface area contributed by atoms with Gasteiger partial charge in [0.2, 0.25) is 0 Å². The third kappa shape index (κ3) is 11.3. The first kappa shape index (κ1) is 30.0. The predicted molar refractivity (Wildman–Crippen MR) is 127 cm³/mol. The van der Waals surface area contributed by atoms with Crippen molar-refractivity contribution in [3.8, 4) is 17.2 Å². The van der Waals surface area contributed by atoms with Crippen LogP contribution in [0.1, 0.15) is 89.5 Å². The van der Waals surface area contributed by atoms with Crippen LogP contribution in [-0.2, 0) is 16.5 Å². The van der Waals surface area contributed by atoms with Crippen molar-refractivity contribution in [1.82, 2.24) is 0 Å². The average molecular weight is 485 g/mol. The first-order chi connectivity index (χ1) is 15.4. The fraction of sp³-hybridized carbons (Fsp3) is 0.538. The Morgan fingerprint density at radius 2 is 1.27 bits per heavy atom. The molecule has 2 aromatic carbocycles. The Hall–Kier alpha value is -1.05. The van der Waals surface area contributed by atoms with E-state index < -0.39 is 20.8 Å². The molecule has 0 atom stereocenters. The molecule has 0 unspecified atom stereocenters. The summed E-state index contributed by atoms with van der Waals surface area (Å²) in [6.07, 6.45) is 16.2. The molecule has 0 aliphatic carbocycles. The average Bonchev–Trinajstić information content (AvgIpc) is 2.74. The minimum absolute atomic E-state index is 0. The standard InChI is InChI=1S/C26H38O5S.Na/c1-2-3-4-5-6-7-8-9-10-11-12-13-17-22-18-14-15-20-24(22)31-25-21-16-19-23(27)26(25)32(28,29)30;/h14-16,18-21,27H,2-13,17H2,1H3,(H,28,29,30);/q;+1/p-1. The number of para-hydroxylation sites is 1. The zero-order chi connectivity index (χ0) is 23.2. The van der Waals surface area contributed by atoms with Gasteiger partial charge in [-0.2, -0.15) is 8.42 Å². The Kier molecular flexibility index (Phi) is 15.0. The number of hydrogen-bond acceptors (Lipinski definition) is 4. The van der Waals surface area contributed by atoms with Crippen LogP contribution in [0.3, 0.4) is 0 Å². The van der Waals surface area contributed by atoms with Crippen LogP contribution >= 0.6 is 0 Å². The van der Waals surface area contributed by atoms with Gasteiger partial charge in [-0.05, 0) is 30.5 Å². The quantitative estimate of drug-likeness (QED) is 0.221. The van der Waals surface area contributed by atoms with Gasteiger partial charge >= 0.3 is 29.6 Å². The van der Waals surface area contributed by atoms with Crippen molar-refractivity contribution in [2.24, 2.45) is 0 Å². The molecule has 0 saturated heterocycles. The zero-order valence-electron chi connectivity index (χ0n) is 20.2. The molecule has 0 aliphatic heterocycles. The molecule has 0 fully saturated rings. The number of aryl methyl sites for hydroxylation is 1. The summed E-state index contributed by atoms with van der Waals surface area (Å²) < 4.78 is 38.4. The van der Waals surface area contributed by atoms with Crippen LogP contribution in [0.4, 0.5) is 0 Å². The second kappa shape index (κ2) is 16.6. The molecular weight excluding hydrogens is 447 g/mol. The summed E-state index contributed by atoms with van der Waals surface area (Å²) in [5.74, 6) is -0.434. The van der Waals surface area contributed by atoms with Crippen molar-refractivity contribution in [3.63, 3.8) is 0 Å². The SMILES string of the molecule is CCCCCCCCCCCCCCc1ccccc1Oc1cccc([O-])c1S(=O)(=O)O.[Na+]. The van der Waals surface area contributed by atoms with Crippen molar-refractivity contribution < 1.29 is 52.4 Å². The van der Waals surface area contributed by atoms with Gasteiger partial charge in [-0.1, -0.05) is 114 Å². The smallest absolute Gasteiger partial charge is 0.871 e. The van der Waals surface area contributed by atoms with Gasteiger partial charge in [-0.25, -0.2) is 0 Å². The predicted octanol–water partition coefficient (Wildman–Crippen LogP) is 4.05. The number of benzene rings is 2. The van der Waals surface area contributed by atoms with E-state index in [1.807, 2.05) is 12.1 Å². The normalized spacial score (nSPS) is 11.2. The minimum Gasteiger partial charge on any atom is -0.871 e. The number of rotatable bonds is 16. The minimum atomic E-state index is -4.67. The fourth-order valence-corrected chi connectivity index (χ4v) is 4.60. The molecule has 0 bridgehead atoms. The van der Waals surface area contributed by atoms with E-state index >= 15 is 0 Å². The van der Waals surface area contributed by atoms with E-state index in [9.17, 15) is 18.1 Å². The van der Waals surface area contributed by atoms with E-state index in [4.69, 9.17) is 4.74 Å².